The van der Waals surface area contributed by atoms with Gasteiger partial charge in [0.05, 0.1) is 5.69 Å². The molecule has 1 aromatic heterocycles. The van der Waals surface area contributed by atoms with Crippen molar-refractivity contribution in [2.45, 2.75) is 13.3 Å². The van der Waals surface area contributed by atoms with E-state index in [1.807, 2.05) is 0 Å². The predicted octanol–water partition coefficient (Wildman–Crippen LogP) is 0.538. The number of hydrogen-bond acceptors (Lipinski definition) is 4. The first-order chi connectivity index (χ1) is 7.20. The van der Waals surface area contributed by atoms with Gasteiger partial charge in [-0.05, 0) is 6.92 Å². The van der Waals surface area contributed by atoms with Crippen molar-refractivity contribution in [2.24, 2.45) is 7.05 Å². The third kappa shape index (κ3) is 3.31. The number of carbonyl (C=O) groups excluding carboxylic acids is 1. The molecule has 0 spiro atoms. The van der Waals surface area contributed by atoms with Gasteiger partial charge in [0, 0.05) is 25.3 Å². The van der Waals surface area contributed by atoms with E-state index in [1.54, 1.807) is 14.0 Å². The zero-order chi connectivity index (χ0) is 12.5. The van der Waals surface area contributed by atoms with Crippen molar-refractivity contribution in [3.05, 3.63) is 16.4 Å². The van der Waals surface area contributed by atoms with Crippen LogP contribution in [0.2, 0.25) is 5.15 Å². The lowest BCUT2D eigenvalue weighted by Gasteiger charge is -1.99. The minimum atomic E-state index is -3.28. The molecule has 1 aromatic rings. The number of carbonyl (C=O) groups is 1. The first-order valence-corrected chi connectivity index (χ1v) is 7.02. The van der Waals surface area contributed by atoms with E-state index in [0.29, 0.717) is 16.4 Å². The van der Waals surface area contributed by atoms with Crippen LogP contribution in [0.3, 0.4) is 0 Å². The van der Waals surface area contributed by atoms with Crippen LogP contribution < -0.4 is 0 Å². The summed E-state index contributed by atoms with van der Waals surface area (Å²) in [5, 5.41) is 4.42. The lowest BCUT2D eigenvalue weighted by Crippen LogP contribution is -2.16. The summed E-state index contributed by atoms with van der Waals surface area (Å²) in [5.41, 5.74) is 1.24. The minimum absolute atomic E-state index is 0.00553. The number of aromatic nitrogens is 2. The summed E-state index contributed by atoms with van der Waals surface area (Å²) < 4.78 is 23.3. The maximum Gasteiger partial charge on any atom is 0.154 e. The molecule has 0 aromatic carbocycles. The number of aryl methyl sites for hydroxylation is 2. The molecule has 1 heterocycles. The number of sulfone groups is 1. The summed E-state index contributed by atoms with van der Waals surface area (Å²) in [7, 11) is -1.62. The molecule has 0 radical (unpaired) electrons. The van der Waals surface area contributed by atoms with Crippen molar-refractivity contribution in [1.82, 2.24) is 9.78 Å². The molecule has 0 N–H and O–H groups in total. The predicted molar refractivity (Wildman–Crippen MR) is 61.4 cm³/mol. The molecule has 0 aliphatic rings. The first-order valence-electron chi connectivity index (χ1n) is 4.58. The second-order valence-corrected chi connectivity index (χ2v) is 6.26. The zero-order valence-electron chi connectivity index (χ0n) is 9.32. The summed E-state index contributed by atoms with van der Waals surface area (Å²) in [4.78, 5) is 11.5. The van der Waals surface area contributed by atoms with Crippen molar-refractivity contribution < 1.29 is 13.2 Å². The van der Waals surface area contributed by atoms with Crippen LogP contribution in [0.1, 0.15) is 11.3 Å². The van der Waals surface area contributed by atoms with Crippen LogP contribution in [-0.2, 0) is 28.1 Å². The van der Waals surface area contributed by atoms with E-state index in [0.717, 1.165) is 6.26 Å². The standard InChI is InChI=1S/C9H13ClN2O3S/c1-6-8(9(10)12(2)11-6)4-7(13)5-16(3,14)15/h4-5H2,1-3H3. The largest absolute Gasteiger partial charge is 0.298 e. The molecule has 0 atom stereocenters. The SMILES string of the molecule is Cc1nn(C)c(Cl)c1CC(=O)CS(C)(=O)=O. The molecule has 0 aliphatic carbocycles. The second kappa shape index (κ2) is 4.55. The van der Waals surface area contributed by atoms with Gasteiger partial charge in [-0.25, -0.2) is 8.42 Å². The molecule has 5 nitrogen and oxygen atoms in total. The van der Waals surface area contributed by atoms with E-state index in [2.05, 4.69) is 5.10 Å². The number of halogens is 1. The normalized spacial score (nSPS) is 11.8. The Labute approximate surface area is 99.3 Å². The van der Waals surface area contributed by atoms with Crippen LogP contribution in [0.25, 0.3) is 0 Å². The van der Waals surface area contributed by atoms with Crippen molar-refractivity contribution in [2.75, 3.05) is 12.0 Å². The van der Waals surface area contributed by atoms with Gasteiger partial charge >= 0.3 is 0 Å². The molecule has 0 bridgehead atoms. The quantitative estimate of drug-likeness (QED) is 0.796. The zero-order valence-corrected chi connectivity index (χ0v) is 10.9. The molecule has 16 heavy (non-hydrogen) atoms. The third-order valence-corrected chi connectivity index (χ3v) is 3.39. The average molecular weight is 265 g/mol. The molecule has 0 saturated heterocycles. The van der Waals surface area contributed by atoms with E-state index in [9.17, 15) is 13.2 Å². The number of Topliss-reactive ketones (excluding diaryl/α,β-unsaturated/α-hetero) is 1. The molecular formula is C9H13ClN2O3S. The molecule has 0 saturated carbocycles. The Morgan fingerprint density at radius 1 is 1.50 bits per heavy atom. The Balaban J connectivity index is 2.85. The van der Waals surface area contributed by atoms with Crippen LogP contribution in [0.4, 0.5) is 0 Å². The molecule has 90 valence electrons. The molecule has 0 fully saturated rings. The maximum atomic E-state index is 11.5. The van der Waals surface area contributed by atoms with E-state index < -0.39 is 15.6 Å². The van der Waals surface area contributed by atoms with Gasteiger partial charge in [0.15, 0.2) is 15.6 Å². The first kappa shape index (κ1) is 13.2. The fraction of sp³-hybridized carbons (Fsp3) is 0.556. The van der Waals surface area contributed by atoms with Crippen molar-refractivity contribution in [3.63, 3.8) is 0 Å². The smallest absolute Gasteiger partial charge is 0.154 e. The highest BCUT2D eigenvalue weighted by Crippen LogP contribution is 2.19. The average Bonchev–Trinajstić information content (AvgIpc) is 2.29. The van der Waals surface area contributed by atoms with Gasteiger partial charge in [-0.1, -0.05) is 11.6 Å². The second-order valence-electron chi connectivity index (χ2n) is 3.76. The van der Waals surface area contributed by atoms with E-state index in [-0.39, 0.29) is 12.2 Å². The molecule has 7 heteroatoms. The summed E-state index contributed by atoms with van der Waals surface area (Å²) in [6.45, 7) is 1.73. The molecule has 0 aliphatic heterocycles. The number of hydrogen-bond donors (Lipinski definition) is 0. The van der Waals surface area contributed by atoms with Crippen LogP contribution in [-0.4, -0.2) is 36.0 Å². The van der Waals surface area contributed by atoms with Gasteiger partial charge in [0.2, 0.25) is 0 Å². The fourth-order valence-corrected chi connectivity index (χ4v) is 2.34. The monoisotopic (exact) mass is 264 g/mol. The van der Waals surface area contributed by atoms with E-state index >= 15 is 0 Å². The molecule has 0 amide bonds. The molecular weight excluding hydrogens is 252 g/mol. The summed E-state index contributed by atoms with van der Waals surface area (Å²) in [6.07, 6.45) is 1.04. The van der Waals surface area contributed by atoms with Crippen molar-refractivity contribution in [3.8, 4) is 0 Å². The topological polar surface area (TPSA) is 69.0 Å². The summed E-state index contributed by atoms with van der Waals surface area (Å²) in [6, 6.07) is 0. The Morgan fingerprint density at radius 3 is 2.44 bits per heavy atom. The third-order valence-electron chi connectivity index (χ3n) is 2.07. The maximum absolute atomic E-state index is 11.5. The Kier molecular flexibility index (Phi) is 3.75. The van der Waals surface area contributed by atoms with Gasteiger partial charge in [-0.3, -0.25) is 9.48 Å². The van der Waals surface area contributed by atoms with Crippen molar-refractivity contribution >= 4 is 27.2 Å². The highest BCUT2D eigenvalue weighted by atomic mass is 35.5. The molecule has 1 rings (SSSR count). The van der Waals surface area contributed by atoms with Crippen LogP contribution >= 0.6 is 11.6 Å². The van der Waals surface area contributed by atoms with Crippen molar-refractivity contribution in [1.29, 1.82) is 0 Å². The number of ketones is 1. The van der Waals surface area contributed by atoms with Crippen LogP contribution in [0.5, 0.6) is 0 Å². The lowest BCUT2D eigenvalue weighted by molar-refractivity contribution is -0.116. The van der Waals surface area contributed by atoms with E-state index in [4.69, 9.17) is 11.6 Å². The van der Waals surface area contributed by atoms with Gasteiger partial charge in [-0.15, -0.1) is 0 Å². The number of nitrogens with zero attached hydrogens (tertiary/aromatic N) is 2. The van der Waals surface area contributed by atoms with Gasteiger partial charge in [0.1, 0.15) is 10.9 Å². The Morgan fingerprint density at radius 2 is 2.06 bits per heavy atom. The Bertz CT molecular complexity index is 519. The Hall–Kier alpha value is -0.880. The van der Waals surface area contributed by atoms with Gasteiger partial charge in [-0.2, -0.15) is 5.10 Å². The number of rotatable bonds is 4. The van der Waals surface area contributed by atoms with Crippen LogP contribution in [0.15, 0.2) is 0 Å². The van der Waals surface area contributed by atoms with Gasteiger partial charge < -0.3 is 0 Å². The van der Waals surface area contributed by atoms with Gasteiger partial charge in [0.25, 0.3) is 0 Å². The van der Waals surface area contributed by atoms with E-state index in [1.165, 1.54) is 4.68 Å². The highest BCUT2D eigenvalue weighted by Gasteiger charge is 2.17. The summed E-state index contributed by atoms with van der Waals surface area (Å²) in [5.74, 6) is -0.835. The fourth-order valence-electron chi connectivity index (χ4n) is 1.42. The molecule has 0 unspecified atom stereocenters. The lowest BCUT2D eigenvalue weighted by atomic mass is 10.1. The van der Waals surface area contributed by atoms with Crippen LogP contribution in [0, 0.1) is 6.92 Å². The highest BCUT2D eigenvalue weighted by molar-refractivity contribution is 7.91. The minimum Gasteiger partial charge on any atom is -0.298 e. The summed E-state index contributed by atoms with van der Waals surface area (Å²) >= 11 is 5.93.